The first kappa shape index (κ1) is 17.5. The number of hydrogen-bond donors (Lipinski definition) is 2. The molecular formula is C16H20F3N5O. The maximum absolute atomic E-state index is 12.7. The number of H-pyrrole nitrogens is 1. The van der Waals surface area contributed by atoms with Gasteiger partial charge in [0.25, 0.3) is 5.91 Å². The number of aryl methyl sites for hydroxylation is 1. The Hall–Kier alpha value is -2.32. The highest BCUT2D eigenvalue weighted by Crippen LogP contribution is 2.38. The van der Waals surface area contributed by atoms with Crippen LogP contribution in [0.3, 0.4) is 0 Å². The van der Waals surface area contributed by atoms with E-state index in [1.54, 1.807) is 13.0 Å². The average molecular weight is 355 g/mol. The number of hydrogen-bond acceptors (Lipinski definition) is 3. The molecular weight excluding hydrogens is 335 g/mol. The van der Waals surface area contributed by atoms with Crippen LogP contribution >= 0.6 is 0 Å². The zero-order valence-corrected chi connectivity index (χ0v) is 14.0. The molecule has 0 unspecified atom stereocenters. The number of carbonyl (C=O) groups is 1. The molecule has 1 saturated carbocycles. The second kappa shape index (κ2) is 6.53. The third-order valence-electron chi connectivity index (χ3n) is 4.21. The lowest BCUT2D eigenvalue weighted by Gasteiger charge is -2.13. The summed E-state index contributed by atoms with van der Waals surface area (Å²) in [6.07, 6.45) is -2.22. The van der Waals surface area contributed by atoms with Gasteiger partial charge in [-0.1, -0.05) is 6.92 Å². The van der Waals surface area contributed by atoms with Crippen molar-refractivity contribution in [2.75, 3.05) is 6.54 Å². The van der Waals surface area contributed by atoms with Crippen molar-refractivity contribution in [1.82, 2.24) is 25.3 Å². The number of aromatic nitrogens is 4. The fourth-order valence-electron chi connectivity index (χ4n) is 2.61. The van der Waals surface area contributed by atoms with Crippen LogP contribution in [0.4, 0.5) is 13.2 Å². The Bertz CT molecular complexity index is 760. The maximum Gasteiger partial charge on any atom is 0.435 e. The molecule has 6 nitrogen and oxygen atoms in total. The lowest BCUT2D eigenvalue weighted by atomic mass is 10.1. The minimum Gasteiger partial charge on any atom is -0.350 e. The number of carbonyl (C=O) groups excluding carboxylic acids is 1. The number of alkyl halides is 3. The van der Waals surface area contributed by atoms with Gasteiger partial charge in [0.2, 0.25) is 0 Å². The van der Waals surface area contributed by atoms with E-state index >= 15 is 0 Å². The first-order valence-electron chi connectivity index (χ1n) is 8.19. The van der Waals surface area contributed by atoms with Crippen LogP contribution < -0.4 is 5.32 Å². The van der Waals surface area contributed by atoms with Gasteiger partial charge in [0.05, 0.1) is 0 Å². The molecule has 0 aliphatic heterocycles. The van der Waals surface area contributed by atoms with Crippen molar-refractivity contribution >= 4 is 5.91 Å². The van der Waals surface area contributed by atoms with E-state index in [9.17, 15) is 18.0 Å². The third-order valence-corrected chi connectivity index (χ3v) is 4.21. The fourth-order valence-corrected chi connectivity index (χ4v) is 2.61. The van der Waals surface area contributed by atoms with Crippen molar-refractivity contribution < 1.29 is 18.0 Å². The summed E-state index contributed by atoms with van der Waals surface area (Å²) in [7, 11) is 0. The molecule has 0 spiro atoms. The highest BCUT2D eigenvalue weighted by molar-refractivity contribution is 5.92. The van der Waals surface area contributed by atoms with Crippen molar-refractivity contribution in [3.63, 3.8) is 0 Å². The molecule has 0 bridgehead atoms. The second-order valence-electron chi connectivity index (χ2n) is 6.65. The van der Waals surface area contributed by atoms with Gasteiger partial charge in [-0.25, -0.2) is 0 Å². The smallest absolute Gasteiger partial charge is 0.350 e. The van der Waals surface area contributed by atoms with Crippen LogP contribution in [0.15, 0.2) is 12.1 Å². The lowest BCUT2D eigenvalue weighted by molar-refractivity contribution is -0.141. The van der Waals surface area contributed by atoms with Gasteiger partial charge in [-0.2, -0.15) is 23.4 Å². The number of halogens is 3. The first-order valence-corrected chi connectivity index (χ1v) is 8.19. The molecule has 9 heteroatoms. The van der Waals surface area contributed by atoms with Crippen LogP contribution in [0.1, 0.15) is 53.3 Å². The fraction of sp³-hybridized carbons (Fsp3) is 0.562. The normalized spacial score (nSPS) is 16.0. The van der Waals surface area contributed by atoms with E-state index in [1.807, 2.05) is 6.92 Å². The van der Waals surface area contributed by atoms with E-state index in [4.69, 9.17) is 0 Å². The van der Waals surface area contributed by atoms with Crippen molar-refractivity contribution in [3.8, 4) is 0 Å². The summed E-state index contributed by atoms with van der Waals surface area (Å²) in [5, 5.41) is 13.2. The quantitative estimate of drug-likeness (QED) is 0.837. The monoisotopic (exact) mass is 355 g/mol. The topological polar surface area (TPSA) is 75.6 Å². The number of rotatable bonds is 6. The second-order valence-corrected chi connectivity index (χ2v) is 6.65. The van der Waals surface area contributed by atoms with Gasteiger partial charge in [0, 0.05) is 30.4 Å². The lowest BCUT2D eigenvalue weighted by Crippen LogP contribution is -2.30. The Morgan fingerprint density at radius 1 is 1.44 bits per heavy atom. The summed E-state index contributed by atoms with van der Waals surface area (Å²) in [5.41, 5.74) is 0.853. The van der Waals surface area contributed by atoms with E-state index in [-0.39, 0.29) is 18.4 Å². The molecule has 1 fully saturated rings. The standard InChI is InChI=1S/C16H20F3N5O/c1-9(8-24-10(2)5-14(23-24)16(17,18)19)7-20-15(25)13-6-12(21-22-13)11-3-4-11/h5-6,9,11H,3-4,7-8H2,1-2H3,(H,20,25)(H,21,22)/t9-/m1/s1. The minimum absolute atomic E-state index is 0.0783. The van der Waals surface area contributed by atoms with Gasteiger partial charge in [0.15, 0.2) is 5.69 Å². The molecule has 2 aromatic rings. The zero-order chi connectivity index (χ0) is 18.2. The summed E-state index contributed by atoms with van der Waals surface area (Å²) in [5.74, 6) is 0.118. The van der Waals surface area contributed by atoms with Crippen molar-refractivity contribution in [2.24, 2.45) is 5.92 Å². The molecule has 1 atom stereocenters. The summed E-state index contributed by atoms with van der Waals surface area (Å²) < 4.78 is 39.4. The summed E-state index contributed by atoms with van der Waals surface area (Å²) in [6, 6.07) is 2.78. The van der Waals surface area contributed by atoms with Crippen LogP contribution in [0.5, 0.6) is 0 Å². The van der Waals surface area contributed by atoms with E-state index < -0.39 is 11.9 Å². The largest absolute Gasteiger partial charge is 0.435 e. The van der Waals surface area contributed by atoms with Crippen LogP contribution in [0.2, 0.25) is 0 Å². The molecule has 2 heterocycles. The number of nitrogens with one attached hydrogen (secondary N) is 2. The summed E-state index contributed by atoms with van der Waals surface area (Å²) >= 11 is 0. The third kappa shape index (κ3) is 4.21. The van der Waals surface area contributed by atoms with E-state index in [0.717, 1.165) is 24.6 Å². The Kier molecular flexibility index (Phi) is 4.57. The molecule has 0 aromatic carbocycles. The predicted octanol–water partition coefficient (Wildman–Crippen LogP) is 2.88. The van der Waals surface area contributed by atoms with Crippen LogP contribution in [-0.4, -0.2) is 32.4 Å². The molecule has 1 amide bonds. The molecule has 1 aliphatic carbocycles. The Morgan fingerprint density at radius 2 is 2.16 bits per heavy atom. The highest BCUT2D eigenvalue weighted by atomic mass is 19.4. The SMILES string of the molecule is Cc1cc(C(F)(F)F)nn1C[C@H](C)CNC(=O)c1cc(C2CC2)[nH]n1. The predicted molar refractivity (Wildman–Crippen MR) is 84.0 cm³/mol. The van der Waals surface area contributed by atoms with Gasteiger partial charge in [0.1, 0.15) is 5.69 Å². The summed E-state index contributed by atoms with van der Waals surface area (Å²) in [6.45, 7) is 4.03. The van der Waals surface area contributed by atoms with E-state index in [0.29, 0.717) is 23.9 Å². The molecule has 1 aliphatic rings. The van der Waals surface area contributed by atoms with Gasteiger partial charge >= 0.3 is 6.18 Å². The first-order chi connectivity index (χ1) is 11.7. The van der Waals surface area contributed by atoms with E-state index in [2.05, 4.69) is 20.6 Å². The van der Waals surface area contributed by atoms with Crippen LogP contribution in [0, 0.1) is 12.8 Å². The van der Waals surface area contributed by atoms with Crippen molar-refractivity contribution in [2.45, 2.75) is 45.3 Å². The van der Waals surface area contributed by atoms with Crippen molar-refractivity contribution in [1.29, 1.82) is 0 Å². The van der Waals surface area contributed by atoms with Crippen molar-refractivity contribution in [3.05, 3.63) is 34.9 Å². The van der Waals surface area contributed by atoms with Gasteiger partial charge in [-0.05, 0) is 37.8 Å². The molecule has 3 rings (SSSR count). The Labute approximate surface area is 142 Å². The minimum atomic E-state index is -4.45. The molecule has 136 valence electrons. The average Bonchev–Trinajstić information content (AvgIpc) is 3.14. The van der Waals surface area contributed by atoms with Gasteiger partial charge in [-0.15, -0.1) is 0 Å². The maximum atomic E-state index is 12.7. The van der Waals surface area contributed by atoms with Crippen LogP contribution in [-0.2, 0) is 12.7 Å². The number of nitrogens with zero attached hydrogens (tertiary/aromatic N) is 3. The van der Waals surface area contributed by atoms with Gasteiger partial charge < -0.3 is 5.32 Å². The molecule has 25 heavy (non-hydrogen) atoms. The molecule has 0 radical (unpaired) electrons. The Balaban J connectivity index is 1.53. The molecule has 2 N–H and O–H groups in total. The number of aromatic amines is 1. The highest BCUT2D eigenvalue weighted by Gasteiger charge is 2.34. The van der Waals surface area contributed by atoms with Crippen LogP contribution in [0.25, 0.3) is 0 Å². The Morgan fingerprint density at radius 3 is 2.76 bits per heavy atom. The molecule has 0 saturated heterocycles. The van der Waals surface area contributed by atoms with E-state index in [1.165, 1.54) is 4.68 Å². The molecule has 2 aromatic heterocycles. The summed E-state index contributed by atoms with van der Waals surface area (Å²) in [4.78, 5) is 12.1. The zero-order valence-electron chi connectivity index (χ0n) is 14.0. The number of amides is 1. The van der Waals surface area contributed by atoms with Gasteiger partial charge in [-0.3, -0.25) is 14.6 Å².